The van der Waals surface area contributed by atoms with E-state index in [1.54, 1.807) is 7.11 Å². The van der Waals surface area contributed by atoms with Gasteiger partial charge in [0, 0.05) is 12.2 Å². The summed E-state index contributed by atoms with van der Waals surface area (Å²) in [6.07, 6.45) is 1.81. The molecule has 3 nitrogen and oxygen atoms in total. The number of hydrogen-bond acceptors (Lipinski definition) is 2. The summed E-state index contributed by atoms with van der Waals surface area (Å²) in [6.45, 7) is 4.99. The van der Waals surface area contributed by atoms with Gasteiger partial charge in [-0.2, -0.15) is 0 Å². The highest BCUT2D eigenvalue weighted by atomic mass is 16.5. The molecule has 0 fully saturated rings. The van der Waals surface area contributed by atoms with Gasteiger partial charge in [-0.25, -0.2) is 4.98 Å². The molecular weight excluding hydrogens is 128 g/mol. The Labute approximate surface area is 60.6 Å². The maximum atomic E-state index is 5.01. The summed E-state index contributed by atoms with van der Waals surface area (Å²) in [5, 5.41) is 0. The van der Waals surface area contributed by atoms with Gasteiger partial charge in [0.25, 0.3) is 6.01 Å². The molecule has 0 saturated carbocycles. The first-order valence-electron chi connectivity index (χ1n) is 3.35. The van der Waals surface area contributed by atoms with E-state index in [0.29, 0.717) is 6.01 Å². The molecule has 0 aliphatic rings. The smallest absolute Gasteiger partial charge is 0.296 e. The molecule has 0 saturated heterocycles. The Balaban J connectivity index is 3.01. The van der Waals surface area contributed by atoms with Crippen molar-refractivity contribution in [3.05, 3.63) is 11.9 Å². The van der Waals surface area contributed by atoms with Crippen LogP contribution >= 0.6 is 0 Å². The molecule has 1 aromatic heterocycles. The predicted octanol–water partition coefficient (Wildman–Crippen LogP) is 1.22. The number of aromatic nitrogens is 2. The minimum Gasteiger partial charge on any atom is -0.468 e. The number of imidazole rings is 1. The van der Waals surface area contributed by atoms with E-state index >= 15 is 0 Å². The Morgan fingerprint density at radius 3 is 2.80 bits per heavy atom. The third kappa shape index (κ3) is 0.988. The summed E-state index contributed by atoms with van der Waals surface area (Å²) >= 11 is 0. The highest BCUT2D eigenvalue weighted by Gasteiger charge is 2.02. The molecule has 10 heavy (non-hydrogen) atoms. The zero-order valence-corrected chi connectivity index (χ0v) is 6.59. The number of ether oxygens (including phenoxy) is 1. The summed E-state index contributed by atoms with van der Waals surface area (Å²) in [5.41, 5.74) is 1.14. The van der Waals surface area contributed by atoms with Gasteiger partial charge in [-0.15, -0.1) is 0 Å². The van der Waals surface area contributed by atoms with Crippen LogP contribution in [0.4, 0.5) is 0 Å². The number of hydrogen-bond donors (Lipinski definition) is 0. The van der Waals surface area contributed by atoms with Crippen molar-refractivity contribution in [2.75, 3.05) is 7.11 Å². The average Bonchev–Trinajstić information content (AvgIpc) is 2.30. The topological polar surface area (TPSA) is 27.1 Å². The number of nitrogens with zero attached hydrogens (tertiary/aromatic N) is 2. The van der Waals surface area contributed by atoms with Gasteiger partial charge in [0.2, 0.25) is 0 Å². The van der Waals surface area contributed by atoms with Gasteiger partial charge < -0.3 is 4.74 Å². The first-order chi connectivity index (χ1) is 4.79. The standard InChI is InChI=1S/C7H12N2O/c1-4-9-6(2)5-8-7(9)10-3/h5H,4H2,1-3H3. The predicted molar refractivity (Wildman–Crippen MR) is 39.2 cm³/mol. The Morgan fingerprint density at radius 2 is 2.40 bits per heavy atom. The molecule has 1 rings (SSSR count). The van der Waals surface area contributed by atoms with Crippen LogP contribution in [0.3, 0.4) is 0 Å². The average molecular weight is 140 g/mol. The van der Waals surface area contributed by atoms with Crippen molar-refractivity contribution >= 4 is 0 Å². The van der Waals surface area contributed by atoms with Crippen molar-refractivity contribution in [1.29, 1.82) is 0 Å². The molecule has 0 amide bonds. The molecule has 0 aliphatic carbocycles. The SMILES string of the molecule is CCn1c(C)cnc1OC. The van der Waals surface area contributed by atoms with Crippen molar-refractivity contribution < 1.29 is 4.74 Å². The van der Waals surface area contributed by atoms with Crippen LogP contribution in [0.15, 0.2) is 6.20 Å². The van der Waals surface area contributed by atoms with Crippen LogP contribution in [0.2, 0.25) is 0 Å². The third-order valence-electron chi connectivity index (χ3n) is 1.52. The number of aryl methyl sites for hydroxylation is 1. The molecule has 0 radical (unpaired) electrons. The largest absolute Gasteiger partial charge is 0.468 e. The Kier molecular flexibility index (Phi) is 1.94. The lowest BCUT2D eigenvalue weighted by atomic mass is 10.5. The Bertz CT molecular complexity index is 217. The number of methoxy groups -OCH3 is 1. The van der Waals surface area contributed by atoms with Crippen molar-refractivity contribution in [2.45, 2.75) is 20.4 Å². The highest BCUT2D eigenvalue weighted by Crippen LogP contribution is 2.10. The fourth-order valence-corrected chi connectivity index (χ4v) is 0.986. The van der Waals surface area contributed by atoms with Crippen LogP contribution in [0.5, 0.6) is 6.01 Å². The van der Waals surface area contributed by atoms with Crippen LogP contribution in [0.25, 0.3) is 0 Å². The Morgan fingerprint density at radius 1 is 1.70 bits per heavy atom. The van der Waals surface area contributed by atoms with Crippen LogP contribution in [-0.2, 0) is 6.54 Å². The summed E-state index contributed by atoms with van der Waals surface area (Å²) < 4.78 is 7.02. The molecule has 3 heteroatoms. The zero-order chi connectivity index (χ0) is 7.56. The first-order valence-corrected chi connectivity index (χ1v) is 3.35. The van der Waals surface area contributed by atoms with E-state index < -0.39 is 0 Å². The lowest BCUT2D eigenvalue weighted by Crippen LogP contribution is -1.99. The van der Waals surface area contributed by atoms with Crippen molar-refractivity contribution in [3.8, 4) is 6.01 Å². The summed E-state index contributed by atoms with van der Waals surface area (Å²) in [4.78, 5) is 4.05. The van der Waals surface area contributed by atoms with Crippen molar-refractivity contribution in [3.63, 3.8) is 0 Å². The second kappa shape index (κ2) is 2.73. The second-order valence-corrected chi connectivity index (χ2v) is 2.13. The highest BCUT2D eigenvalue weighted by molar-refractivity contribution is 5.07. The fourth-order valence-electron chi connectivity index (χ4n) is 0.986. The Hall–Kier alpha value is -0.990. The quantitative estimate of drug-likeness (QED) is 0.617. The van der Waals surface area contributed by atoms with Gasteiger partial charge in [-0.3, -0.25) is 4.57 Å². The summed E-state index contributed by atoms with van der Waals surface area (Å²) in [5.74, 6) is 0. The molecule has 56 valence electrons. The van der Waals surface area contributed by atoms with E-state index in [1.807, 2.05) is 17.7 Å². The van der Waals surface area contributed by atoms with Crippen LogP contribution in [0.1, 0.15) is 12.6 Å². The summed E-state index contributed by atoms with van der Waals surface area (Å²) in [6, 6.07) is 0.694. The van der Waals surface area contributed by atoms with Gasteiger partial charge >= 0.3 is 0 Å². The second-order valence-electron chi connectivity index (χ2n) is 2.13. The molecule has 0 bridgehead atoms. The van der Waals surface area contributed by atoms with Crippen molar-refractivity contribution in [1.82, 2.24) is 9.55 Å². The maximum absolute atomic E-state index is 5.01. The minimum atomic E-state index is 0.694. The number of rotatable bonds is 2. The molecule has 0 aromatic carbocycles. The lowest BCUT2D eigenvalue weighted by Gasteiger charge is -2.03. The van der Waals surface area contributed by atoms with E-state index in [2.05, 4.69) is 11.9 Å². The molecule has 0 N–H and O–H groups in total. The van der Waals surface area contributed by atoms with Gasteiger partial charge in [-0.1, -0.05) is 0 Å². The van der Waals surface area contributed by atoms with Crippen LogP contribution in [-0.4, -0.2) is 16.7 Å². The van der Waals surface area contributed by atoms with E-state index in [-0.39, 0.29) is 0 Å². The molecule has 0 spiro atoms. The normalized spacial score (nSPS) is 9.90. The molecule has 1 aromatic rings. The first kappa shape index (κ1) is 7.12. The minimum absolute atomic E-state index is 0.694. The van der Waals surface area contributed by atoms with Crippen LogP contribution < -0.4 is 4.74 Å². The maximum Gasteiger partial charge on any atom is 0.296 e. The van der Waals surface area contributed by atoms with E-state index in [0.717, 1.165) is 12.2 Å². The van der Waals surface area contributed by atoms with E-state index in [4.69, 9.17) is 4.74 Å². The van der Waals surface area contributed by atoms with E-state index in [1.165, 1.54) is 0 Å². The zero-order valence-electron chi connectivity index (χ0n) is 6.59. The van der Waals surface area contributed by atoms with Gasteiger partial charge in [-0.05, 0) is 13.8 Å². The van der Waals surface area contributed by atoms with E-state index in [9.17, 15) is 0 Å². The van der Waals surface area contributed by atoms with Gasteiger partial charge in [0.15, 0.2) is 0 Å². The van der Waals surface area contributed by atoms with Gasteiger partial charge in [0.05, 0.1) is 13.3 Å². The van der Waals surface area contributed by atoms with Gasteiger partial charge in [0.1, 0.15) is 0 Å². The molecule has 0 aliphatic heterocycles. The summed E-state index contributed by atoms with van der Waals surface area (Å²) in [7, 11) is 1.63. The molecular formula is C7H12N2O. The monoisotopic (exact) mass is 140 g/mol. The molecule has 1 heterocycles. The fraction of sp³-hybridized carbons (Fsp3) is 0.571. The third-order valence-corrected chi connectivity index (χ3v) is 1.52. The molecule has 0 unspecified atom stereocenters. The van der Waals surface area contributed by atoms with Crippen LogP contribution in [0, 0.1) is 6.92 Å². The molecule has 0 atom stereocenters. The lowest BCUT2D eigenvalue weighted by molar-refractivity contribution is 0.358. The van der Waals surface area contributed by atoms with Crippen molar-refractivity contribution in [2.24, 2.45) is 0 Å².